The van der Waals surface area contributed by atoms with Crippen molar-refractivity contribution in [1.82, 2.24) is 10.9 Å². The molecule has 0 aromatic rings. The summed E-state index contributed by atoms with van der Waals surface area (Å²) < 4.78 is 0. The fourth-order valence-corrected chi connectivity index (χ4v) is 0.411. The van der Waals surface area contributed by atoms with E-state index < -0.39 is 0 Å². The first kappa shape index (κ1) is 8.92. The first-order valence-electron chi connectivity index (χ1n) is 3.67. The predicted molar refractivity (Wildman–Crippen MR) is 41.2 cm³/mol. The van der Waals surface area contributed by atoms with Gasteiger partial charge in [-0.1, -0.05) is 6.92 Å². The van der Waals surface area contributed by atoms with Gasteiger partial charge in [-0.3, -0.25) is 10.9 Å². The minimum atomic E-state index is 0.527. The van der Waals surface area contributed by atoms with Gasteiger partial charge in [0.1, 0.15) is 0 Å². The second-order valence-corrected chi connectivity index (χ2v) is 2.75. The van der Waals surface area contributed by atoms with Crippen LogP contribution in [0, 0.1) is 0 Å². The van der Waals surface area contributed by atoms with E-state index in [9.17, 15) is 0 Å². The first-order valence-corrected chi connectivity index (χ1v) is 3.67. The van der Waals surface area contributed by atoms with E-state index in [0.717, 1.165) is 0 Å². The maximum atomic E-state index is 3.18. The lowest BCUT2D eigenvalue weighted by molar-refractivity contribution is 0.405. The lowest BCUT2D eigenvalue weighted by Gasteiger charge is -2.14. The van der Waals surface area contributed by atoms with E-state index in [-0.39, 0.29) is 0 Å². The van der Waals surface area contributed by atoms with Gasteiger partial charge in [-0.15, -0.1) is 0 Å². The van der Waals surface area contributed by atoms with Gasteiger partial charge in [-0.25, -0.2) is 0 Å². The van der Waals surface area contributed by atoms with Gasteiger partial charge in [-0.2, -0.15) is 0 Å². The molecule has 0 heterocycles. The second kappa shape index (κ2) is 4.77. The topological polar surface area (TPSA) is 24.1 Å². The van der Waals surface area contributed by atoms with Crippen molar-refractivity contribution in [2.24, 2.45) is 0 Å². The summed E-state index contributed by atoms with van der Waals surface area (Å²) in [5, 5.41) is 0. The van der Waals surface area contributed by atoms with Crippen molar-refractivity contribution in [3.8, 4) is 0 Å². The van der Waals surface area contributed by atoms with E-state index >= 15 is 0 Å². The molecule has 0 rings (SSSR count). The molecule has 1 atom stereocenters. The van der Waals surface area contributed by atoms with Crippen molar-refractivity contribution in [3.05, 3.63) is 0 Å². The summed E-state index contributed by atoms with van der Waals surface area (Å²) in [5.41, 5.74) is 6.33. The minimum absolute atomic E-state index is 0.527. The smallest absolute Gasteiger partial charge is 0.0182 e. The molecule has 0 aromatic heterocycles. The SMILES string of the molecule is CCC(C)NNC(C)C. The molecule has 2 nitrogen and oxygen atoms in total. The Balaban J connectivity index is 3.06. The molecule has 0 saturated heterocycles. The average molecular weight is 130 g/mol. The molecule has 1 unspecified atom stereocenters. The summed E-state index contributed by atoms with van der Waals surface area (Å²) in [7, 11) is 0. The third kappa shape index (κ3) is 5.80. The molecular formula is C7H18N2. The molecule has 0 radical (unpaired) electrons. The van der Waals surface area contributed by atoms with Gasteiger partial charge in [0.2, 0.25) is 0 Å². The summed E-state index contributed by atoms with van der Waals surface area (Å²) in [6.45, 7) is 8.57. The van der Waals surface area contributed by atoms with Crippen molar-refractivity contribution in [3.63, 3.8) is 0 Å². The van der Waals surface area contributed by atoms with Crippen LogP contribution in [0.3, 0.4) is 0 Å². The number of nitrogens with one attached hydrogen (secondary N) is 2. The summed E-state index contributed by atoms with van der Waals surface area (Å²) in [6, 6.07) is 1.10. The van der Waals surface area contributed by atoms with Crippen LogP contribution in [0.25, 0.3) is 0 Å². The van der Waals surface area contributed by atoms with Gasteiger partial charge < -0.3 is 0 Å². The van der Waals surface area contributed by atoms with Gasteiger partial charge in [0, 0.05) is 12.1 Å². The Morgan fingerprint density at radius 3 is 2.00 bits per heavy atom. The van der Waals surface area contributed by atoms with Crippen molar-refractivity contribution in [1.29, 1.82) is 0 Å². The quantitative estimate of drug-likeness (QED) is 0.560. The van der Waals surface area contributed by atoms with E-state index in [1.165, 1.54) is 6.42 Å². The van der Waals surface area contributed by atoms with Gasteiger partial charge >= 0.3 is 0 Å². The zero-order valence-corrected chi connectivity index (χ0v) is 6.86. The molecule has 0 aliphatic rings. The van der Waals surface area contributed by atoms with Crippen molar-refractivity contribution < 1.29 is 0 Å². The average Bonchev–Trinajstić information content (AvgIpc) is 1.83. The lowest BCUT2D eigenvalue weighted by atomic mass is 10.3. The summed E-state index contributed by atoms with van der Waals surface area (Å²) in [6.07, 6.45) is 1.17. The number of hydrogen-bond donors (Lipinski definition) is 2. The monoisotopic (exact) mass is 130 g/mol. The highest BCUT2D eigenvalue weighted by Gasteiger charge is 1.95. The second-order valence-electron chi connectivity index (χ2n) is 2.75. The molecule has 0 fully saturated rings. The Kier molecular flexibility index (Phi) is 4.72. The molecule has 9 heavy (non-hydrogen) atoms. The van der Waals surface area contributed by atoms with E-state index in [2.05, 4.69) is 38.5 Å². The molecule has 0 aromatic carbocycles. The Labute approximate surface area is 58.0 Å². The molecule has 0 aliphatic heterocycles. The van der Waals surface area contributed by atoms with Crippen LogP contribution in [0.1, 0.15) is 34.1 Å². The number of hydrazine groups is 1. The molecule has 0 bridgehead atoms. The molecule has 2 heteroatoms. The third-order valence-electron chi connectivity index (χ3n) is 1.23. The van der Waals surface area contributed by atoms with E-state index in [4.69, 9.17) is 0 Å². The van der Waals surface area contributed by atoms with Crippen LogP contribution in [0.5, 0.6) is 0 Å². The van der Waals surface area contributed by atoms with Crippen LogP contribution in [-0.4, -0.2) is 12.1 Å². The maximum absolute atomic E-state index is 3.18. The van der Waals surface area contributed by atoms with Crippen molar-refractivity contribution in [2.45, 2.75) is 46.2 Å². The number of rotatable bonds is 4. The normalized spacial score (nSPS) is 14.3. The van der Waals surface area contributed by atoms with Crippen LogP contribution >= 0.6 is 0 Å². The predicted octanol–water partition coefficient (Wildman–Crippen LogP) is 1.29. The van der Waals surface area contributed by atoms with Crippen LogP contribution < -0.4 is 10.9 Å². The molecule has 0 aliphatic carbocycles. The largest absolute Gasteiger partial charge is 0.255 e. The van der Waals surface area contributed by atoms with Crippen molar-refractivity contribution in [2.75, 3.05) is 0 Å². The highest BCUT2D eigenvalue weighted by molar-refractivity contribution is 4.54. The summed E-state index contributed by atoms with van der Waals surface area (Å²) >= 11 is 0. The highest BCUT2D eigenvalue weighted by Crippen LogP contribution is 1.84. The van der Waals surface area contributed by atoms with Gasteiger partial charge in [-0.05, 0) is 27.2 Å². The Bertz CT molecular complexity index is 61.9. The maximum Gasteiger partial charge on any atom is 0.0182 e. The lowest BCUT2D eigenvalue weighted by Crippen LogP contribution is -2.42. The summed E-state index contributed by atoms with van der Waals surface area (Å²) in [5.74, 6) is 0. The van der Waals surface area contributed by atoms with Crippen LogP contribution in [-0.2, 0) is 0 Å². The number of hydrogen-bond acceptors (Lipinski definition) is 2. The molecular weight excluding hydrogens is 112 g/mol. The zero-order chi connectivity index (χ0) is 7.28. The van der Waals surface area contributed by atoms with E-state index in [1.807, 2.05) is 0 Å². The fourth-order valence-electron chi connectivity index (χ4n) is 0.411. The summed E-state index contributed by atoms with van der Waals surface area (Å²) in [4.78, 5) is 0. The molecule has 56 valence electrons. The van der Waals surface area contributed by atoms with Gasteiger partial charge in [0.25, 0.3) is 0 Å². The van der Waals surface area contributed by atoms with Crippen LogP contribution in [0.2, 0.25) is 0 Å². The standard InChI is InChI=1S/C7H18N2/c1-5-7(4)9-8-6(2)3/h6-9H,5H2,1-4H3. The van der Waals surface area contributed by atoms with Crippen LogP contribution in [0.4, 0.5) is 0 Å². The fraction of sp³-hybridized carbons (Fsp3) is 1.00. The first-order chi connectivity index (χ1) is 4.16. The van der Waals surface area contributed by atoms with Crippen LogP contribution in [0.15, 0.2) is 0 Å². The Morgan fingerprint density at radius 1 is 1.11 bits per heavy atom. The zero-order valence-electron chi connectivity index (χ0n) is 6.86. The Hall–Kier alpha value is -0.0800. The Morgan fingerprint density at radius 2 is 1.67 bits per heavy atom. The third-order valence-corrected chi connectivity index (χ3v) is 1.23. The molecule has 2 N–H and O–H groups in total. The van der Waals surface area contributed by atoms with Gasteiger partial charge in [0.05, 0.1) is 0 Å². The van der Waals surface area contributed by atoms with Crippen molar-refractivity contribution >= 4 is 0 Å². The molecule has 0 amide bonds. The van der Waals surface area contributed by atoms with E-state index in [1.54, 1.807) is 0 Å². The minimum Gasteiger partial charge on any atom is -0.255 e. The molecule has 0 spiro atoms. The van der Waals surface area contributed by atoms with Gasteiger partial charge in [0.15, 0.2) is 0 Å². The highest BCUT2D eigenvalue weighted by atomic mass is 15.4. The molecule has 0 saturated carbocycles. The van der Waals surface area contributed by atoms with E-state index in [0.29, 0.717) is 12.1 Å².